The molecule has 98 valence electrons. The lowest BCUT2D eigenvalue weighted by Crippen LogP contribution is -2.30. The summed E-state index contributed by atoms with van der Waals surface area (Å²) in [6.45, 7) is 3.98. The Morgan fingerprint density at radius 3 is 2.72 bits per heavy atom. The molecule has 6 heteroatoms. The van der Waals surface area contributed by atoms with E-state index in [2.05, 4.69) is 26.5 Å². The molecule has 2 heterocycles. The molecule has 2 aromatic rings. The quantitative estimate of drug-likeness (QED) is 0.670. The van der Waals surface area contributed by atoms with E-state index in [1.54, 1.807) is 6.26 Å². The molecule has 0 aliphatic carbocycles. The van der Waals surface area contributed by atoms with Crippen molar-refractivity contribution < 1.29 is 4.42 Å². The summed E-state index contributed by atoms with van der Waals surface area (Å²) in [5.74, 6) is 6.50. The van der Waals surface area contributed by atoms with Crippen LogP contribution in [0.25, 0.3) is 0 Å². The SMILES string of the molecule is Cc1ccoc1C(Cc1c(Br)c(C)nn1C)NN. The number of furan rings is 1. The lowest BCUT2D eigenvalue weighted by Gasteiger charge is -2.15. The van der Waals surface area contributed by atoms with Gasteiger partial charge < -0.3 is 4.42 Å². The second-order valence-electron chi connectivity index (χ2n) is 4.36. The fourth-order valence-corrected chi connectivity index (χ4v) is 2.56. The van der Waals surface area contributed by atoms with Gasteiger partial charge in [0.25, 0.3) is 0 Å². The summed E-state index contributed by atoms with van der Waals surface area (Å²) in [5.41, 5.74) is 5.95. The lowest BCUT2D eigenvalue weighted by molar-refractivity contribution is 0.407. The molecule has 0 saturated heterocycles. The molecule has 0 aromatic carbocycles. The third-order valence-corrected chi connectivity index (χ3v) is 4.11. The largest absolute Gasteiger partial charge is 0.467 e. The fourth-order valence-electron chi connectivity index (χ4n) is 2.06. The van der Waals surface area contributed by atoms with Crippen molar-refractivity contribution in [2.75, 3.05) is 0 Å². The first-order valence-corrected chi connectivity index (χ1v) is 6.52. The average Bonchev–Trinajstić information content (AvgIpc) is 2.84. The molecule has 0 amide bonds. The zero-order valence-corrected chi connectivity index (χ0v) is 12.3. The van der Waals surface area contributed by atoms with Crippen LogP contribution in [0.1, 0.15) is 28.8 Å². The zero-order chi connectivity index (χ0) is 13.3. The molecule has 3 N–H and O–H groups in total. The van der Waals surface area contributed by atoms with E-state index in [-0.39, 0.29) is 6.04 Å². The summed E-state index contributed by atoms with van der Waals surface area (Å²) in [4.78, 5) is 0. The Morgan fingerprint density at radius 2 is 2.28 bits per heavy atom. The lowest BCUT2D eigenvalue weighted by atomic mass is 10.1. The third-order valence-electron chi connectivity index (χ3n) is 3.08. The molecule has 1 atom stereocenters. The normalized spacial score (nSPS) is 12.9. The number of hydrazine groups is 1. The second kappa shape index (κ2) is 5.26. The number of hydrogen-bond acceptors (Lipinski definition) is 4. The Labute approximate surface area is 114 Å². The van der Waals surface area contributed by atoms with E-state index in [1.807, 2.05) is 31.6 Å². The van der Waals surface area contributed by atoms with Gasteiger partial charge in [-0.1, -0.05) is 0 Å². The van der Waals surface area contributed by atoms with Crippen LogP contribution in [-0.2, 0) is 13.5 Å². The number of hydrogen-bond donors (Lipinski definition) is 2. The molecule has 2 rings (SSSR count). The first kappa shape index (κ1) is 13.3. The van der Waals surface area contributed by atoms with Gasteiger partial charge in [0.05, 0.1) is 28.2 Å². The van der Waals surface area contributed by atoms with Crippen molar-refractivity contribution in [2.24, 2.45) is 12.9 Å². The molecule has 18 heavy (non-hydrogen) atoms. The molecule has 0 bridgehead atoms. The van der Waals surface area contributed by atoms with Crippen molar-refractivity contribution in [3.8, 4) is 0 Å². The van der Waals surface area contributed by atoms with Crippen molar-refractivity contribution >= 4 is 15.9 Å². The highest BCUT2D eigenvalue weighted by molar-refractivity contribution is 9.10. The first-order chi connectivity index (χ1) is 8.54. The Morgan fingerprint density at radius 1 is 1.56 bits per heavy atom. The Bertz CT molecular complexity index is 546. The van der Waals surface area contributed by atoms with Gasteiger partial charge in [0.1, 0.15) is 5.76 Å². The van der Waals surface area contributed by atoms with Crippen LogP contribution in [0.15, 0.2) is 21.2 Å². The molecular formula is C12H17BrN4O. The highest BCUT2D eigenvalue weighted by Crippen LogP contribution is 2.27. The van der Waals surface area contributed by atoms with Crippen LogP contribution in [0.4, 0.5) is 0 Å². The van der Waals surface area contributed by atoms with Crippen LogP contribution in [0.5, 0.6) is 0 Å². The van der Waals surface area contributed by atoms with E-state index in [1.165, 1.54) is 0 Å². The average molecular weight is 313 g/mol. The summed E-state index contributed by atoms with van der Waals surface area (Å²) in [6, 6.07) is 1.87. The summed E-state index contributed by atoms with van der Waals surface area (Å²) in [5, 5.41) is 4.37. The monoisotopic (exact) mass is 312 g/mol. The Balaban J connectivity index is 2.29. The highest BCUT2D eigenvalue weighted by Gasteiger charge is 2.20. The van der Waals surface area contributed by atoms with E-state index in [0.29, 0.717) is 6.42 Å². The van der Waals surface area contributed by atoms with E-state index in [4.69, 9.17) is 10.3 Å². The number of halogens is 1. The molecular weight excluding hydrogens is 296 g/mol. The van der Waals surface area contributed by atoms with Crippen LogP contribution >= 0.6 is 15.9 Å². The van der Waals surface area contributed by atoms with Gasteiger partial charge in [-0.3, -0.25) is 10.5 Å². The summed E-state index contributed by atoms with van der Waals surface area (Å²) in [7, 11) is 1.93. The number of nitrogens with two attached hydrogens (primary N) is 1. The van der Waals surface area contributed by atoms with E-state index in [9.17, 15) is 0 Å². The summed E-state index contributed by atoms with van der Waals surface area (Å²) >= 11 is 3.56. The van der Waals surface area contributed by atoms with Crippen molar-refractivity contribution in [2.45, 2.75) is 26.3 Å². The Hall–Kier alpha value is -1.11. The van der Waals surface area contributed by atoms with Gasteiger partial charge in [0.2, 0.25) is 0 Å². The number of aromatic nitrogens is 2. The van der Waals surface area contributed by atoms with E-state index >= 15 is 0 Å². The van der Waals surface area contributed by atoms with Gasteiger partial charge in [-0.15, -0.1) is 0 Å². The highest BCUT2D eigenvalue weighted by atomic mass is 79.9. The van der Waals surface area contributed by atoms with Crippen LogP contribution in [0.3, 0.4) is 0 Å². The zero-order valence-electron chi connectivity index (χ0n) is 10.7. The summed E-state index contributed by atoms with van der Waals surface area (Å²) < 4.78 is 8.37. The van der Waals surface area contributed by atoms with Crippen LogP contribution in [0, 0.1) is 13.8 Å². The van der Waals surface area contributed by atoms with E-state index in [0.717, 1.165) is 27.2 Å². The van der Waals surface area contributed by atoms with Gasteiger partial charge in [-0.2, -0.15) is 5.10 Å². The predicted molar refractivity (Wildman–Crippen MR) is 72.9 cm³/mol. The molecule has 2 aromatic heterocycles. The maximum Gasteiger partial charge on any atom is 0.125 e. The van der Waals surface area contributed by atoms with Crippen LogP contribution in [0.2, 0.25) is 0 Å². The number of nitrogens with one attached hydrogen (secondary N) is 1. The number of aryl methyl sites for hydroxylation is 3. The minimum absolute atomic E-state index is 0.0638. The van der Waals surface area contributed by atoms with E-state index < -0.39 is 0 Å². The minimum atomic E-state index is -0.0638. The molecule has 0 radical (unpaired) electrons. The maximum absolute atomic E-state index is 5.63. The van der Waals surface area contributed by atoms with Crippen molar-refractivity contribution in [3.63, 3.8) is 0 Å². The smallest absolute Gasteiger partial charge is 0.125 e. The van der Waals surface area contributed by atoms with Gasteiger partial charge in [-0.25, -0.2) is 5.43 Å². The second-order valence-corrected chi connectivity index (χ2v) is 5.15. The third kappa shape index (κ3) is 2.36. The predicted octanol–water partition coefficient (Wildman–Crippen LogP) is 2.14. The van der Waals surface area contributed by atoms with Crippen molar-refractivity contribution in [1.82, 2.24) is 15.2 Å². The van der Waals surface area contributed by atoms with Crippen LogP contribution < -0.4 is 11.3 Å². The van der Waals surface area contributed by atoms with Gasteiger partial charge >= 0.3 is 0 Å². The van der Waals surface area contributed by atoms with Gasteiger partial charge in [-0.05, 0) is 41.4 Å². The molecule has 0 spiro atoms. The molecule has 0 fully saturated rings. The van der Waals surface area contributed by atoms with Crippen molar-refractivity contribution in [1.29, 1.82) is 0 Å². The maximum atomic E-state index is 5.63. The van der Waals surface area contributed by atoms with Gasteiger partial charge in [0, 0.05) is 13.5 Å². The summed E-state index contributed by atoms with van der Waals surface area (Å²) in [6.07, 6.45) is 2.39. The van der Waals surface area contributed by atoms with Crippen LogP contribution in [-0.4, -0.2) is 9.78 Å². The van der Waals surface area contributed by atoms with Gasteiger partial charge in [0.15, 0.2) is 0 Å². The van der Waals surface area contributed by atoms with Crippen molar-refractivity contribution in [3.05, 3.63) is 39.5 Å². The molecule has 0 aliphatic rings. The Kier molecular flexibility index (Phi) is 3.89. The first-order valence-electron chi connectivity index (χ1n) is 5.72. The molecule has 1 unspecified atom stereocenters. The molecule has 5 nitrogen and oxygen atoms in total. The molecule has 0 saturated carbocycles. The number of rotatable bonds is 4. The standard InChI is InChI=1S/C12H17BrN4O/c1-7-4-5-18-12(7)9(15-14)6-10-11(13)8(2)16-17(10)3/h4-5,9,15H,6,14H2,1-3H3. The topological polar surface area (TPSA) is 69.0 Å². The fraction of sp³-hybridized carbons (Fsp3) is 0.417. The number of nitrogens with zero attached hydrogens (tertiary/aromatic N) is 2. The molecule has 0 aliphatic heterocycles. The minimum Gasteiger partial charge on any atom is -0.467 e.